The van der Waals surface area contributed by atoms with Crippen LogP contribution in [0.2, 0.25) is 0 Å². The lowest BCUT2D eigenvalue weighted by Crippen LogP contribution is -2.64. The van der Waals surface area contributed by atoms with Gasteiger partial charge >= 0.3 is 0 Å². The second kappa shape index (κ2) is 9.94. The zero-order chi connectivity index (χ0) is 27.6. The first-order valence-electron chi connectivity index (χ1n) is 12.4. The number of ether oxygens (including phenoxy) is 2. The molecule has 4 bridgehead atoms. The number of hydrogen-bond donors (Lipinski definition) is 2. The quantitative estimate of drug-likeness (QED) is 0.357. The smallest absolute Gasteiger partial charge is 0.188 e. The Morgan fingerprint density at radius 3 is 1.50 bits per heavy atom. The summed E-state index contributed by atoms with van der Waals surface area (Å²) in [5.74, 6) is 1.71. The Hall–Kier alpha value is -1.88. The van der Waals surface area contributed by atoms with Crippen LogP contribution < -0.4 is 20.1 Å². The van der Waals surface area contributed by atoms with Crippen LogP contribution in [0, 0.1) is 11.8 Å². The predicted molar refractivity (Wildman–Crippen MR) is 161 cm³/mol. The van der Waals surface area contributed by atoms with Crippen LogP contribution in [0.15, 0.2) is 45.3 Å². The number of ketones is 2. The summed E-state index contributed by atoms with van der Waals surface area (Å²) >= 11 is 17.6. The minimum Gasteiger partial charge on any atom is -0.467 e. The number of halogens is 2. The highest BCUT2D eigenvalue weighted by molar-refractivity contribution is 9.10. The summed E-state index contributed by atoms with van der Waals surface area (Å²) < 4.78 is 14.1. The Kier molecular flexibility index (Phi) is 7.24. The largest absolute Gasteiger partial charge is 0.467 e. The van der Waals surface area contributed by atoms with E-state index < -0.39 is 11.4 Å². The van der Waals surface area contributed by atoms with Gasteiger partial charge in [0, 0.05) is 33.6 Å². The summed E-state index contributed by atoms with van der Waals surface area (Å²) in [7, 11) is 0. The number of carbonyl (C=O) groups is 2. The molecule has 6 rings (SSSR count). The van der Waals surface area contributed by atoms with Crippen molar-refractivity contribution < 1.29 is 19.1 Å². The second-order valence-corrected chi connectivity index (χ2v) is 13.5. The van der Waals surface area contributed by atoms with Crippen LogP contribution in [-0.2, 0) is 9.59 Å². The number of nitrogens with one attached hydrogen (secondary N) is 2. The highest BCUT2D eigenvalue weighted by Crippen LogP contribution is 2.50. The van der Waals surface area contributed by atoms with Gasteiger partial charge in [0.15, 0.2) is 11.4 Å². The maximum Gasteiger partial charge on any atom is 0.188 e. The standard InChI is InChI=1S/2C14H14BrNO2S/c2*1-7(17)13-10-6-12(19)16-14(13,2)18-11-4-3-8(15)5-9(10)11/h2*3-5,10,13H,6H2,1-2H3,(H,16,19)/t2*10-,13+,14+/m10/s1. The van der Waals surface area contributed by atoms with Gasteiger partial charge in [0.25, 0.3) is 0 Å². The van der Waals surface area contributed by atoms with Gasteiger partial charge in [-0.3, -0.25) is 9.59 Å². The van der Waals surface area contributed by atoms with Crippen molar-refractivity contribution in [1.29, 1.82) is 0 Å². The molecule has 200 valence electrons. The number of piperidine rings is 2. The Labute approximate surface area is 249 Å². The molecule has 2 fully saturated rings. The number of benzene rings is 2. The third-order valence-corrected chi connectivity index (χ3v) is 9.36. The summed E-state index contributed by atoms with van der Waals surface area (Å²) in [5, 5.41) is 6.38. The maximum atomic E-state index is 12.0. The summed E-state index contributed by atoms with van der Waals surface area (Å²) in [6.07, 6.45) is 1.39. The van der Waals surface area contributed by atoms with E-state index >= 15 is 0 Å². The van der Waals surface area contributed by atoms with Crippen LogP contribution in [0.4, 0.5) is 0 Å². The average Bonchev–Trinajstić information content (AvgIpc) is 2.78. The van der Waals surface area contributed by atoms with Gasteiger partial charge in [0.1, 0.15) is 23.1 Å². The molecule has 2 aromatic carbocycles. The van der Waals surface area contributed by atoms with Gasteiger partial charge in [-0.2, -0.15) is 0 Å². The molecular formula is C28H28Br2N2O4S2. The highest BCUT2D eigenvalue weighted by Gasteiger charge is 2.54. The number of fused-ring (bicyclic) bond motifs is 8. The zero-order valence-electron chi connectivity index (χ0n) is 21.4. The first-order valence-corrected chi connectivity index (χ1v) is 14.8. The van der Waals surface area contributed by atoms with Crippen molar-refractivity contribution in [2.75, 3.05) is 0 Å². The van der Waals surface area contributed by atoms with Gasteiger partial charge in [-0.25, -0.2) is 0 Å². The van der Waals surface area contributed by atoms with Crippen LogP contribution in [0.3, 0.4) is 0 Å². The van der Waals surface area contributed by atoms with E-state index in [0.717, 1.165) is 41.5 Å². The Balaban J connectivity index is 0.000000155. The molecule has 2 N–H and O–H groups in total. The summed E-state index contributed by atoms with van der Waals surface area (Å²) in [6.45, 7) is 7.06. The minimum absolute atomic E-state index is 0.0949. The van der Waals surface area contributed by atoms with Crippen molar-refractivity contribution in [2.45, 2.75) is 63.8 Å². The Morgan fingerprint density at radius 1 is 0.789 bits per heavy atom. The Bertz CT molecular complexity index is 1280. The normalized spacial score (nSPS) is 32.1. The van der Waals surface area contributed by atoms with Crippen LogP contribution in [0.5, 0.6) is 11.5 Å². The lowest BCUT2D eigenvalue weighted by Gasteiger charge is -2.50. The van der Waals surface area contributed by atoms with Crippen molar-refractivity contribution in [3.05, 3.63) is 56.5 Å². The number of Topliss-reactive ketones (excluding diaryl/α,β-unsaturated/α-hetero) is 2. The van der Waals surface area contributed by atoms with E-state index in [4.69, 9.17) is 33.9 Å². The van der Waals surface area contributed by atoms with Crippen molar-refractivity contribution in [3.63, 3.8) is 0 Å². The molecule has 0 amide bonds. The summed E-state index contributed by atoms with van der Waals surface area (Å²) in [4.78, 5) is 25.6. The monoisotopic (exact) mass is 678 g/mol. The first-order chi connectivity index (χ1) is 17.8. The maximum absolute atomic E-state index is 12.0. The van der Waals surface area contributed by atoms with Gasteiger partial charge in [0.05, 0.1) is 21.8 Å². The van der Waals surface area contributed by atoms with E-state index in [1.165, 1.54) is 0 Å². The van der Waals surface area contributed by atoms with Crippen molar-refractivity contribution >= 4 is 77.8 Å². The predicted octanol–water partition coefficient (Wildman–Crippen LogP) is 6.33. The van der Waals surface area contributed by atoms with Gasteiger partial charge in [-0.05, 0) is 75.2 Å². The third-order valence-electron chi connectivity index (χ3n) is 7.84. The van der Waals surface area contributed by atoms with E-state index in [1.54, 1.807) is 13.8 Å². The molecule has 0 radical (unpaired) electrons. The molecule has 0 aromatic heterocycles. The molecule has 6 atom stereocenters. The van der Waals surface area contributed by atoms with Crippen molar-refractivity contribution in [1.82, 2.24) is 10.6 Å². The SMILES string of the molecule is CC(=O)[C@@H]1[C@H]2CC(=S)N[C@]1(C)Oc1ccc(Br)cc12.CC(=O)[C@H]1[C@@H]2CC(=S)N[C@@]1(C)Oc1ccc(Br)cc12. The van der Waals surface area contributed by atoms with Crippen LogP contribution in [0.1, 0.15) is 63.5 Å². The number of thiocarbonyl (C=S) groups is 2. The molecule has 10 heteroatoms. The van der Waals surface area contributed by atoms with Gasteiger partial charge in [-0.15, -0.1) is 0 Å². The molecule has 0 unspecified atom stereocenters. The number of hydrogen-bond acceptors (Lipinski definition) is 6. The fraction of sp³-hybridized carbons (Fsp3) is 0.429. The van der Waals surface area contributed by atoms with Gasteiger partial charge < -0.3 is 20.1 Å². The average molecular weight is 680 g/mol. The fourth-order valence-corrected chi connectivity index (χ4v) is 8.10. The molecule has 0 spiro atoms. The summed E-state index contributed by atoms with van der Waals surface area (Å²) in [6, 6.07) is 11.8. The molecule has 4 aliphatic heterocycles. The third kappa shape index (κ3) is 4.82. The van der Waals surface area contributed by atoms with E-state index in [-0.39, 0.29) is 35.2 Å². The molecule has 6 nitrogen and oxygen atoms in total. The van der Waals surface area contributed by atoms with E-state index in [9.17, 15) is 9.59 Å². The highest BCUT2D eigenvalue weighted by atomic mass is 79.9. The lowest BCUT2D eigenvalue weighted by molar-refractivity contribution is -0.133. The lowest BCUT2D eigenvalue weighted by atomic mass is 9.71. The molecule has 2 aromatic rings. The van der Waals surface area contributed by atoms with Crippen molar-refractivity contribution in [3.8, 4) is 11.5 Å². The molecule has 0 saturated carbocycles. The van der Waals surface area contributed by atoms with Crippen molar-refractivity contribution in [2.24, 2.45) is 11.8 Å². The minimum atomic E-state index is -0.730. The number of carbonyl (C=O) groups excluding carboxylic acids is 2. The van der Waals surface area contributed by atoms with Crippen LogP contribution in [-0.4, -0.2) is 33.0 Å². The Morgan fingerprint density at radius 2 is 1.16 bits per heavy atom. The van der Waals surface area contributed by atoms with Crippen LogP contribution in [0.25, 0.3) is 0 Å². The molecular weight excluding hydrogens is 652 g/mol. The fourth-order valence-electron chi connectivity index (χ4n) is 6.57. The van der Waals surface area contributed by atoms with Crippen LogP contribution >= 0.6 is 56.3 Å². The zero-order valence-corrected chi connectivity index (χ0v) is 26.2. The molecule has 4 heterocycles. The molecule has 2 saturated heterocycles. The second-order valence-electron chi connectivity index (χ2n) is 10.7. The first kappa shape index (κ1) is 27.7. The van der Waals surface area contributed by atoms with Gasteiger partial charge in [-0.1, -0.05) is 56.3 Å². The molecule has 0 aliphatic carbocycles. The van der Waals surface area contributed by atoms with Gasteiger partial charge in [0.2, 0.25) is 0 Å². The van der Waals surface area contributed by atoms with E-state index in [2.05, 4.69) is 42.5 Å². The molecule has 38 heavy (non-hydrogen) atoms. The summed E-state index contributed by atoms with van der Waals surface area (Å²) in [5.41, 5.74) is 0.672. The van der Waals surface area contributed by atoms with E-state index in [0.29, 0.717) is 12.8 Å². The number of rotatable bonds is 2. The topological polar surface area (TPSA) is 76.7 Å². The van der Waals surface area contributed by atoms with E-state index in [1.807, 2.05) is 50.2 Å². The molecule has 4 aliphatic rings.